The minimum Gasteiger partial charge on any atom is -0.496 e. The number of rotatable bonds is 4. The molecule has 4 nitrogen and oxygen atoms in total. The highest BCUT2D eigenvalue weighted by Crippen LogP contribution is 2.34. The number of methoxy groups -OCH3 is 1. The van der Waals surface area contributed by atoms with Gasteiger partial charge in [0.2, 0.25) is 5.91 Å². The van der Waals surface area contributed by atoms with Crippen LogP contribution in [0.3, 0.4) is 0 Å². The third-order valence-corrected chi connectivity index (χ3v) is 4.11. The van der Waals surface area contributed by atoms with Crippen LogP contribution in [0, 0.1) is 0 Å². The molecule has 3 rings (SSSR count). The Hall–Kier alpha value is -2.14. The highest BCUT2D eigenvalue weighted by atomic mass is 79.9. The molecule has 1 fully saturated rings. The maximum absolute atomic E-state index is 11.8. The van der Waals surface area contributed by atoms with Crippen molar-refractivity contribution in [2.45, 2.75) is 12.5 Å². The molecule has 1 unspecified atom stereocenters. The Balaban J connectivity index is 1.82. The lowest BCUT2D eigenvalue weighted by Crippen LogP contribution is -2.42. The molecule has 0 aliphatic carbocycles. The van der Waals surface area contributed by atoms with Crippen LogP contribution in [0.25, 0.3) is 0 Å². The van der Waals surface area contributed by atoms with Crippen LogP contribution < -0.4 is 4.74 Å². The Labute approximate surface area is 137 Å². The Morgan fingerprint density at radius 1 is 1.27 bits per heavy atom. The topological polar surface area (TPSA) is 41.9 Å². The van der Waals surface area contributed by atoms with E-state index in [0.717, 1.165) is 21.3 Å². The number of amides is 1. The number of carbonyl (C=O) groups excluding carboxylic acids is 1. The minimum atomic E-state index is 0.0168. The molecule has 0 N–H and O–H groups in total. The number of halogens is 1. The molecule has 1 amide bonds. The first-order valence-electron chi connectivity index (χ1n) is 6.93. The molecule has 1 aliphatic rings. The van der Waals surface area contributed by atoms with Gasteiger partial charge in [-0.2, -0.15) is 5.10 Å². The van der Waals surface area contributed by atoms with Gasteiger partial charge >= 0.3 is 0 Å². The lowest BCUT2D eigenvalue weighted by Gasteiger charge is -2.36. The molecular formula is C17H15BrN2O2. The number of hydrogen-bond donors (Lipinski definition) is 0. The normalized spacial score (nSPS) is 17.6. The molecule has 112 valence electrons. The summed E-state index contributed by atoms with van der Waals surface area (Å²) in [6.45, 7) is 0. The van der Waals surface area contributed by atoms with Crippen molar-refractivity contribution in [1.29, 1.82) is 0 Å². The van der Waals surface area contributed by atoms with Crippen LogP contribution in [0.4, 0.5) is 0 Å². The molecule has 5 heteroatoms. The zero-order chi connectivity index (χ0) is 15.5. The standard InChI is InChI=1S/C17H15BrN2O2/c1-22-16-8-7-14(18)9-13(16)11-19-20-15(10-17(20)21)12-5-3-2-4-6-12/h2-9,11,15H,10H2,1H3/b19-11+. The van der Waals surface area contributed by atoms with Gasteiger partial charge in [0.1, 0.15) is 5.75 Å². The van der Waals surface area contributed by atoms with Gasteiger partial charge in [-0.3, -0.25) is 4.79 Å². The third-order valence-electron chi connectivity index (χ3n) is 3.62. The summed E-state index contributed by atoms with van der Waals surface area (Å²) in [5.41, 5.74) is 1.92. The number of nitrogens with zero attached hydrogens (tertiary/aromatic N) is 2. The van der Waals surface area contributed by atoms with Crippen molar-refractivity contribution < 1.29 is 9.53 Å². The number of hydrogen-bond acceptors (Lipinski definition) is 3. The monoisotopic (exact) mass is 358 g/mol. The molecule has 1 saturated heterocycles. The zero-order valence-electron chi connectivity index (χ0n) is 12.1. The van der Waals surface area contributed by atoms with Gasteiger partial charge in [0, 0.05) is 10.0 Å². The van der Waals surface area contributed by atoms with Crippen LogP contribution in [-0.4, -0.2) is 24.2 Å². The van der Waals surface area contributed by atoms with Crippen molar-refractivity contribution in [3.05, 3.63) is 64.1 Å². The molecule has 0 bridgehead atoms. The minimum absolute atomic E-state index is 0.0168. The van der Waals surface area contributed by atoms with Crippen LogP contribution in [0.2, 0.25) is 0 Å². The number of hydrazone groups is 1. The first kappa shape index (κ1) is 14.8. The van der Waals surface area contributed by atoms with E-state index in [2.05, 4.69) is 21.0 Å². The number of carbonyl (C=O) groups is 1. The van der Waals surface area contributed by atoms with Crippen molar-refractivity contribution in [1.82, 2.24) is 5.01 Å². The van der Waals surface area contributed by atoms with E-state index >= 15 is 0 Å². The van der Waals surface area contributed by atoms with Crippen LogP contribution in [0.5, 0.6) is 5.75 Å². The summed E-state index contributed by atoms with van der Waals surface area (Å²) >= 11 is 3.43. The highest BCUT2D eigenvalue weighted by Gasteiger charge is 2.37. The largest absolute Gasteiger partial charge is 0.496 e. The molecule has 0 saturated carbocycles. The molecule has 2 aromatic carbocycles. The van der Waals surface area contributed by atoms with Gasteiger partial charge in [-0.1, -0.05) is 46.3 Å². The maximum atomic E-state index is 11.8. The average molecular weight is 359 g/mol. The first-order valence-corrected chi connectivity index (χ1v) is 7.73. The molecular weight excluding hydrogens is 344 g/mol. The maximum Gasteiger partial charge on any atom is 0.245 e. The molecule has 2 aromatic rings. The number of benzene rings is 2. The highest BCUT2D eigenvalue weighted by molar-refractivity contribution is 9.10. The molecule has 0 radical (unpaired) electrons. The van der Waals surface area contributed by atoms with Gasteiger partial charge < -0.3 is 4.74 Å². The van der Waals surface area contributed by atoms with Gasteiger partial charge in [0.25, 0.3) is 0 Å². The van der Waals surface area contributed by atoms with E-state index in [1.165, 1.54) is 5.01 Å². The summed E-state index contributed by atoms with van der Waals surface area (Å²) < 4.78 is 6.24. The van der Waals surface area contributed by atoms with Crippen molar-refractivity contribution in [2.24, 2.45) is 5.10 Å². The van der Waals surface area contributed by atoms with E-state index in [1.807, 2.05) is 48.5 Å². The van der Waals surface area contributed by atoms with E-state index in [4.69, 9.17) is 4.74 Å². The summed E-state index contributed by atoms with van der Waals surface area (Å²) in [4.78, 5) is 11.8. The molecule has 22 heavy (non-hydrogen) atoms. The van der Waals surface area contributed by atoms with Crippen molar-refractivity contribution in [3.63, 3.8) is 0 Å². The lowest BCUT2D eigenvalue weighted by atomic mass is 9.96. The fourth-order valence-corrected chi connectivity index (χ4v) is 2.80. The van der Waals surface area contributed by atoms with Gasteiger partial charge in [0.05, 0.1) is 25.8 Å². The quantitative estimate of drug-likeness (QED) is 0.616. The van der Waals surface area contributed by atoms with Crippen molar-refractivity contribution in [2.75, 3.05) is 7.11 Å². The third kappa shape index (κ3) is 2.90. The summed E-state index contributed by atoms with van der Waals surface area (Å²) in [7, 11) is 1.61. The Kier molecular flexibility index (Phi) is 4.24. The van der Waals surface area contributed by atoms with Crippen molar-refractivity contribution in [3.8, 4) is 5.75 Å². The second-order valence-corrected chi connectivity index (χ2v) is 5.92. The molecule has 0 spiro atoms. The van der Waals surface area contributed by atoms with Gasteiger partial charge in [-0.05, 0) is 23.8 Å². The van der Waals surface area contributed by atoms with Gasteiger partial charge in [-0.15, -0.1) is 0 Å². The Morgan fingerprint density at radius 2 is 2.05 bits per heavy atom. The van der Waals surface area contributed by atoms with E-state index in [1.54, 1.807) is 13.3 Å². The SMILES string of the molecule is COc1ccc(Br)cc1/C=N/N1C(=O)CC1c1ccccc1. The molecule has 0 aromatic heterocycles. The van der Waals surface area contributed by atoms with Crippen LogP contribution in [0.1, 0.15) is 23.6 Å². The average Bonchev–Trinajstić information content (AvgIpc) is 2.53. The van der Waals surface area contributed by atoms with Crippen LogP contribution >= 0.6 is 15.9 Å². The summed E-state index contributed by atoms with van der Waals surface area (Å²) in [6, 6.07) is 15.6. The first-order chi connectivity index (χ1) is 10.7. The zero-order valence-corrected chi connectivity index (χ0v) is 13.7. The summed E-state index contributed by atoms with van der Waals surface area (Å²) in [5.74, 6) is 0.746. The predicted molar refractivity (Wildman–Crippen MR) is 88.9 cm³/mol. The second kappa shape index (κ2) is 6.32. The second-order valence-electron chi connectivity index (χ2n) is 5.00. The van der Waals surface area contributed by atoms with E-state index in [-0.39, 0.29) is 11.9 Å². The fraction of sp³-hybridized carbons (Fsp3) is 0.176. The molecule has 1 heterocycles. The molecule has 1 aliphatic heterocycles. The summed E-state index contributed by atoms with van der Waals surface area (Å²) in [6.07, 6.45) is 2.16. The summed E-state index contributed by atoms with van der Waals surface area (Å²) in [5, 5.41) is 5.87. The van der Waals surface area contributed by atoms with E-state index < -0.39 is 0 Å². The van der Waals surface area contributed by atoms with Crippen LogP contribution in [-0.2, 0) is 4.79 Å². The van der Waals surface area contributed by atoms with E-state index in [9.17, 15) is 4.79 Å². The van der Waals surface area contributed by atoms with E-state index in [0.29, 0.717) is 6.42 Å². The van der Waals surface area contributed by atoms with Crippen molar-refractivity contribution >= 4 is 28.1 Å². The van der Waals surface area contributed by atoms with Gasteiger partial charge in [-0.25, -0.2) is 5.01 Å². The van der Waals surface area contributed by atoms with Crippen LogP contribution in [0.15, 0.2) is 58.1 Å². The predicted octanol–water partition coefficient (Wildman–Crippen LogP) is 3.77. The Bertz CT molecular complexity index is 716. The van der Waals surface area contributed by atoms with Gasteiger partial charge in [0.15, 0.2) is 0 Å². The fourth-order valence-electron chi connectivity index (χ4n) is 2.42. The molecule has 1 atom stereocenters. The Morgan fingerprint density at radius 3 is 2.73 bits per heavy atom. The number of ether oxygens (including phenoxy) is 1. The lowest BCUT2D eigenvalue weighted by molar-refractivity contribution is -0.146. The number of β-lactam (4-membered cyclic amide) rings is 1. The smallest absolute Gasteiger partial charge is 0.245 e.